The van der Waals surface area contributed by atoms with Crippen LogP contribution in [0.1, 0.15) is 42.5 Å². The number of carbonyl (C=O) groups excluding carboxylic acids is 2. The van der Waals surface area contributed by atoms with Crippen LogP contribution in [0.4, 0.5) is 5.69 Å². The third-order valence-electron chi connectivity index (χ3n) is 7.05. The number of nitrogens with one attached hydrogen (secondary N) is 1. The van der Waals surface area contributed by atoms with Crippen LogP contribution in [0.2, 0.25) is 0 Å². The standard InChI is InChI=1S/C31H33N3O2/c35-30(27-12-10-25(11-13-27)24-8-4-3-5-9-24)23-31(36)32-28-15-14-26-16-19-34(29(26)22-28)21-20-33-17-6-1-2-7-18-33/h3-5,8-16,19,22H,1-2,6-7,17-18,20-21,23H2,(H,32,36). The first-order valence-corrected chi connectivity index (χ1v) is 13.0. The number of nitrogens with zero attached hydrogens (tertiary/aromatic N) is 2. The summed E-state index contributed by atoms with van der Waals surface area (Å²) in [6.07, 6.45) is 7.20. The van der Waals surface area contributed by atoms with Crippen LogP contribution < -0.4 is 5.32 Å². The van der Waals surface area contributed by atoms with Gasteiger partial charge in [-0.05, 0) is 60.6 Å². The molecule has 1 aromatic heterocycles. The van der Waals surface area contributed by atoms with Crippen molar-refractivity contribution in [3.63, 3.8) is 0 Å². The van der Waals surface area contributed by atoms with Gasteiger partial charge in [0.05, 0.1) is 11.9 Å². The summed E-state index contributed by atoms with van der Waals surface area (Å²) in [5.74, 6) is -0.483. The first-order chi connectivity index (χ1) is 17.7. The van der Waals surface area contributed by atoms with Crippen LogP contribution >= 0.6 is 0 Å². The highest BCUT2D eigenvalue weighted by Gasteiger charge is 2.14. The maximum atomic E-state index is 12.7. The summed E-state index contributed by atoms with van der Waals surface area (Å²) in [6.45, 7) is 4.34. The van der Waals surface area contributed by atoms with Crippen LogP contribution in [0.15, 0.2) is 85.1 Å². The summed E-state index contributed by atoms with van der Waals surface area (Å²) in [6, 6.07) is 25.5. The van der Waals surface area contributed by atoms with Crippen molar-refractivity contribution in [2.75, 3.05) is 25.0 Å². The van der Waals surface area contributed by atoms with E-state index in [-0.39, 0.29) is 18.1 Å². The number of anilines is 1. The van der Waals surface area contributed by atoms with E-state index in [1.807, 2.05) is 60.7 Å². The average Bonchev–Trinajstić information content (AvgIpc) is 3.12. The Morgan fingerprint density at radius 3 is 2.22 bits per heavy atom. The maximum Gasteiger partial charge on any atom is 0.232 e. The molecule has 1 saturated heterocycles. The van der Waals surface area contributed by atoms with Crippen LogP contribution in [0.3, 0.4) is 0 Å². The minimum atomic E-state index is -0.297. The van der Waals surface area contributed by atoms with E-state index in [4.69, 9.17) is 0 Å². The summed E-state index contributed by atoms with van der Waals surface area (Å²) >= 11 is 0. The monoisotopic (exact) mass is 479 g/mol. The molecule has 0 unspecified atom stereocenters. The van der Waals surface area contributed by atoms with Crippen molar-refractivity contribution in [2.45, 2.75) is 38.6 Å². The van der Waals surface area contributed by atoms with Crippen molar-refractivity contribution in [3.05, 3.63) is 90.6 Å². The number of fused-ring (bicyclic) bond motifs is 1. The molecule has 0 bridgehead atoms. The van der Waals surface area contributed by atoms with E-state index < -0.39 is 0 Å². The number of benzene rings is 3. The van der Waals surface area contributed by atoms with Gasteiger partial charge >= 0.3 is 0 Å². The molecule has 2 heterocycles. The molecule has 0 radical (unpaired) electrons. The van der Waals surface area contributed by atoms with Crippen molar-refractivity contribution in [2.24, 2.45) is 0 Å². The zero-order valence-corrected chi connectivity index (χ0v) is 20.7. The number of aromatic nitrogens is 1. The Morgan fingerprint density at radius 1 is 0.750 bits per heavy atom. The summed E-state index contributed by atoms with van der Waals surface area (Å²) in [5.41, 5.74) is 4.51. The van der Waals surface area contributed by atoms with Crippen molar-refractivity contribution in [1.82, 2.24) is 9.47 Å². The van der Waals surface area contributed by atoms with Gasteiger partial charge in [0.1, 0.15) is 0 Å². The van der Waals surface area contributed by atoms with Crippen molar-refractivity contribution in [1.29, 1.82) is 0 Å². The third-order valence-corrected chi connectivity index (χ3v) is 7.05. The molecule has 5 heteroatoms. The summed E-state index contributed by atoms with van der Waals surface area (Å²) in [5, 5.41) is 4.07. The fourth-order valence-corrected chi connectivity index (χ4v) is 5.00. The Morgan fingerprint density at radius 2 is 1.47 bits per heavy atom. The summed E-state index contributed by atoms with van der Waals surface area (Å²) < 4.78 is 2.26. The van der Waals surface area contributed by atoms with Crippen LogP contribution in [0.25, 0.3) is 22.0 Å². The van der Waals surface area contributed by atoms with Gasteiger partial charge in [-0.3, -0.25) is 9.59 Å². The van der Waals surface area contributed by atoms with Crippen molar-refractivity contribution < 1.29 is 9.59 Å². The normalized spacial score (nSPS) is 14.4. The second-order valence-electron chi connectivity index (χ2n) is 9.63. The van der Waals surface area contributed by atoms with E-state index in [2.05, 4.69) is 27.0 Å². The van der Waals surface area contributed by atoms with E-state index in [1.54, 1.807) is 12.1 Å². The largest absolute Gasteiger partial charge is 0.346 e. The predicted molar refractivity (Wildman–Crippen MR) is 146 cm³/mol. The van der Waals surface area contributed by atoms with E-state index >= 15 is 0 Å². The van der Waals surface area contributed by atoms with Gasteiger partial charge in [-0.2, -0.15) is 0 Å². The van der Waals surface area contributed by atoms with Gasteiger partial charge in [0.25, 0.3) is 0 Å². The van der Waals surface area contributed by atoms with Crippen LogP contribution in [-0.4, -0.2) is 40.8 Å². The second-order valence-corrected chi connectivity index (χ2v) is 9.63. The molecule has 1 aliphatic rings. The molecule has 0 aliphatic carbocycles. The van der Waals surface area contributed by atoms with Crippen molar-refractivity contribution in [3.8, 4) is 11.1 Å². The molecule has 5 rings (SSSR count). The Hall–Kier alpha value is -3.70. The third kappa shape index (κ3) is 5.92. The Bertz CT molecular complexity index is 1320. The molecule has 0 spiro atoms. The highest BCUT2D eigenvalue weighted by atomic mass is 16.2. The number of hydrogen-bond donors (Lipinski definition) is 1. The lowest BCUT2D eigenvalue weighted by atomic mass is 10.0. The minimum absolute atomic E-state index is 0.182. The molecule has 0 saturated carbocycles. The topological polar surface area (TPSA) is 54.3 Å². The SMILES string of the molecule is O=C(CC(=O)c1ccc(-c2ccccc2)cc1)Nc1ccc2ccn(CCN3CCCCCC3)c2c1. The number of rotatable bonds is 8. The zero-order valence-electron chi connectivity index (χ0n) is 20.7. The molecule has 184 valence electrons. The van der Waals surface area contributed by atoms with Gasteiger partial charge in [-0.1, -0.05) is 73.5 Å². The fraction of sp³-hybridized carbons (Fsp3) is 0.290. The van der Waals surface area contributed by atoms with Crippen LogP contribution in [0.5, 0.6) is 0 Å². The minimum Gasteiger partial charge on any atom is -0.346 e. The molecule has 3 aromatic carbocycles. The lowest BCUT2D eigenvalue weighted by molar-refractivity contribution is -0.115. The number of ketones is 1. The van der Waals surface area contributed by atoms with Gasteiger partial charge in [-0.15, -0.1) is 0 Å². The molecular formula is C31H33N3O2. The Balaban J connectivity index is 1.19. The molecule has 1 N–H and O–H groups in total. The smallest absolute Gasteiger partial charge is 0.232 e. The molecular weight excluding hydrogens is 446 g/mol. The molecule has 1 aliphatic heterocycles. The molecule has 36 heavy (non-hydrogen) atoms. The van der Waals surface area contributed by atoms with Gasteiger partial charge in [0.2, 0.25) is 5.91 Å². The first-order valence-electron chi connectivity index (χ1n) is 13.0. The average molecular weight is 480 g/mol. The van der Waals surface area contributed by atoms with Gasteiger partial charge in [0.15, 0.2) is 5.78 Å². The molecule has 0 atom stereocenters. The van der Waals surface area contributed by atoms with Crippen LogP contribution in [-0.2, 0) is 11.3 Å². The number of Topliss-reactive ketones (excluding diaryl/α,β-unsaturated/α-hetero) is 1. The fourth-order valence-electron chi connectivity index (χ4n) is 5.00. The number of likely N-dealkylation sites (tertiary alicyclic amines) is 1. The predicted octanol–water partition coefficient (Wildman–Crippen LogP) is 6.40. The number of hydrogen-bond acceptors (Lipinski definition) is 3. The van der Waals surface area contributed by atoms with E-state index in [0.29, 0.717) is 5.56 Å². The second kappa shape index (κ2) is 11.4. The Labute approximate surface area is 212 Å². The summed E-state index contributed by atoms with van der Waals surface area (Å²) in [7, 11) is 0. The lowest BCUT2D eigenvalue weighted by Crippen LogP contribution is -2.28. The highest BCUT2D eigenvalue weighted by molar-refractivity contribution is 6.11. The lowest BCUT2D eigenvalue weighted by Gasteiger charge is -2.20. The van der Waals surface area contributed by atoms with Gasteiger partial charge in [-0.25, -0.2) is 0 Å². The maximum absolute atomic E-state index is 12.7. The van der Waals surface area contributed by atoms with Gasteiger partial charge < -0.3 is 14.8 Å². The quantitative estimate of drug-likeness (QED) is 0.235. The molecule has 1 amide bonds. The zero-order chi connectivity index (χ0) is 24.7. The van der Waals surface area contributed by atoms with E-state index in [1.165, 1.54) is 38.8 Å². The Kier molecular flexibility index (Phi) is 7.58. The summed E-state index contributed by atoms with van der Waals surface area (Å²) in [4.78, 5) is 27.9. The van der Waals surface area contributed by atoms with E-state index in [0.717, 1.165) is 40.8 Å². The number of amides is 1. The highest BCUT2D eigenvalue weighted by Crippen LogP contribution is 2.22. The van der Waals surface area contributed by atoms with Gasteiger partial charge in [0, 0.05) is 30.5 Å². The molecule has 1 fully saturated rings. The molecule has 5 nitrogen and oxygen atoms in total. The van der Waals surface area contributed by atoms with Crippen molar-refractivity contribution >= 4 is 28.3 Å². The first kappa shape index (κ1) is 24.0. The van der Waals surface area contributed by atoms with Crippen LogP contribution in [0, 0.1) is 0 Å². The number of carbonyl (C=O) groups is 2. The van der Waals surface area contributed by atoms with E-state index in [9.17, 15) is 9.59 Å². The molecule has 4 aromatic rings.